The SMILES string of the molecule is COc1ccc(CC(=O)Nc2ccc(Nc3ccccc3OC)nc2)cc1. The number of hydrogen-bond donors (Lipinski definition) is 2. The molecule has 0 saturated carbocycles. The summed E-state index contributed by atoms with van der Waals surface area (Å²) in [5.41, 5.74) is 2.37. The van der Waals surface area contributed by atoms with Gasteiger partial charge < -0.3 is 20.1 Å². The average molecular weight is 363 g/mol. The van der Waals surface area contributed by atoms with Gasteiger partial charge in [-0.2, -0.15) is 0 Å². The van der Waals surface area contributed by atoms with E-state index in [1.54, 1.807) is 32.5 Å². The summed E-state index contributed by atoms with van der Waals surface area (Å²) in [7, 11) is 3.23. The van der Waals surface area contributed by atoms with Crippen LogP contribution in [0, 0.1) is 0 Å². The van der Waals surface area contributed by atoms with Crippen molar-refractivity contribution in [1.82, 2.24) is 4.98 Å². The van der Waals surface area contributed by atoms with Crippen molar-refractivity contribution >= 4 is 23.1 Å². The van der Waals surface area contributed by atoms with Crippen molar-refractivity contribution in [2.45, 2.75) is 6.42 Å². The van der Waals surface area contributed by atoms with Gasteiger partial charge in [0.2, 0.25) is 5.91 Å². The monoisotopic (exact) mass is 363 g/mol. The molecule has 0 aliphatic heterocycles. The van der Waals surface area contributed by atoms with Gasteiger partial charge in [0.25, 0.3) is 0 Å². The predicted molar refractivity (Wildman–Crippen MR) is 106 cm³/mol. The van der Waals surface area contributed by atoms with Crippen LogP contribution in [0.25, 0.3) is 0 Å². The molecule has 6 nitrogen and oxygen atoms in total. The second kappa shape index (κ2) is 8.71. The van der Waals surface area contributed by atoms with Crippen LogP contribution in [-0.4, -0.2) is 25.1 Å². The number of carbonyl (C=O) groups is 1. The molecule has 0 aliphatic carbocycles. The lowest BCUT2D eigenvalue weighted by atomic mass is 10.1. The molecule has 1 heterocycles. The first-order chi connectivity index (χ1) is 13.2. The third-order valence-corrected chi connectivity index (χ3v) is 3.94. The summed E-state index contributed by atoms with van der Waals surface area (Å²) in [5, 5.41) is 6.04. The number of methoxy groups -OCH3 is 2. The number of pyridine rings is 1. The van der Waals surface area contributed by atoms with Crippen LogP contribution < -0.4 is 20.1 Å². The molecule has 1 aromatic heterocycles. The molecule has 6 heteroatoms. The fraction of sp³-hybridized carbons (Fsp3) is 0.143. The Bertz CT molecular complexity index is 893. The Morgan fingerprint density at radius 3 is 2.41 bits per heavy atom. The molecular weight excluding hydrogens is 342 g/mol. The van der Waals surface area contributed by atoms with Gasteiger partial charge in [-0.1, -0.05) is 24.3 Å². The fourth-order valence-electron chi connectivity index (χ4n) is 2.56. The quantitative estimate of drug-likeness (QED) is 0.663. The maximum Gasteiger partial charge on any atom is 0.228 e. The topological polar surface area (TPSA) is 72.5 Å². The van der Waals surface area contributed by atoms with Crippen molar-refractivity contribution in [1.29, 1.82) is 0 Å². The summed E-state index contributed by atoms with van der Waals surface area (Å²) in [6, 6.07) is 18.6. The Labute approximate surface area is 158 Å². The highest BCUT2D eigenvalue weighted by atomic mass is 16.5. The van der Waals surface area contributed by atoms with Crippen LogP contribution in [0.4, 0.5) is 17.2 Å². The van der Waals surface area contributed by atoms with E-state index in [0.717, 1.165) is 22.7 Å². The van der Waals surface area contributed by atoms with Gasteiger partial charge in [-0.15, -0.1) is 0 Å². The Balaban J connectivity index is 1.59. The maximum atomic E-state index is 12.2. The Kier molecular flexibility index (Phi) is 5.89. The molecule has 3 rings (SSSR count). The molecule has 1 amide bonds. The molecule has 138 valence electrons. The molecule has 3 aromatic rings. The molecule has 0 spiro atoms. The second-order valence-corrected chi connectivity index (χ2v) is 5.83. The summed E-state index contributed by atoms with van der Waals surface area (Å²) >= 11 is 0. The summed E-state index contributed by atoms with van der Waals surface area (Å²) in [6.45, 7) is 0. The van der Waals surface area contributed by atoms with E-state index < -0.39 is 0 Å². The van der Waals surface area contributed by atoms with Crippen molar-refractivity contribution in [3.05, 3.63) is 72.4 Å². The minimum Gasteiger partial charge on any atom is -0.497 e. The predicted octanol–water partition coefficient (Wildman–Crippen LogP) is 4.02. The number of hydrogen-bond acceptors (Lipinski definition) is 5. The van der Waals surface area contributed by atoms with Gasteiger partial charge >= 0.3 is 0 Å². The van der Waals surface area contributed by atoms with Crippen molar-refractivity contribution in [2.75, 3.05) is 24.9 Å². The third kappa shape index (κ3) is 4.98. The zero-order valence-electron chi connectivity index (χ0n) is 15.2. The van der Waals surface area contributed by atoms with Crippen molar-refractivity contribution in [2.24, 2.45) is 0 Å². The van der Waals surface area contributed by atoms with E-state index in [1.807, 2.05) is 48.5 Å². The third-order valence-electron chi connectivity index (χ3n) is 3.94. The van der Waals surface area contributed by atoms with Gasteiger partial charge in [-0.3, -0.25) is 4.79 Å². The van der Waals surface area contributed by atoms with Gasteiger partial charge in [-0.05, 0) is 42.0 Å². The van der Waals surface area contributed by atoms with Crippen LogP contribution in [-0.2, 0) is 11.2 Å². The number of para-hydroxylation sites is 2. The van der Waals surface area contributed by atoms with E-state index in [1.165, 1.54) is 0 Å². The minimum atomic E-state index is -0.104. The molecular formula is C21H21N3O3. The van der Waals surface area contributed by atoms with E-state index in [2.05, 4.69) is 15.6 Å². The van der Waals surface area contributed by atoms with E-state index in [4.69, 9.17) is 9.47 Å². The van der Waals surface area contributed by atoms with Crippen LogP contribution in [0.3, 0.4) is 0 Å². The molecule has 0 atom stereocenters. The van der Waals surface area contributed by atoms with Crippen molar-refractivity contribution < 1.29 is 14.3 Å². The largest absolute Gasteiger partial charge is 0.497 e. The normalized spacial score (nSPS) is 10.1. The lowest BCUT2D eigenvalue weighted by Crippen LogP contribution is -2.14. The van der Waals surface area contributed by atoms with E-state index in [0.29, 0.717) is 11.5 Å². The Morgan fingerprint density at radius 1 is 0.963 bits per heavy atom. The number of amides is 1. The number of ether oxygens (including phenoxy) is 2. The highest BCUT2D eigenvalue weighted by Crippen LogP contribution is 2.26. The van der Waals surface area contributed by atoms with Crippen LogP contribution >= 0.6 is 0 Å². The van der Waals surface area contributed by atoms with E-state index >= 15 is 0 Å². The van der Waals surface area contributed by atoms with Crippen molar-refractivity contribution in [3.8, 4) is 11.5 Å². The maximum absolute atomic E-state index is 12.2. The van der Waals surface area contributed by atoms with Gasteiger partial charge in [0.1, 0.15) is 17.3 Å². The number of nitrogens with zero attached hydrogens (tertiary/aromatic N) is 1. The van der Waals surface area contributed by atoms with Crippen LogP contribution in [0.5, 0.6) is 11.5 Å². The van der Waals surface area contributed by atoms with Crippen molar-refractivity contribution in [3.63, 3.8) is 0 Å². The first-order valence-electron chi connectivity index (χ1n) is 8.47. The van der Waals surface area contributed by atoms with Gasteiger partial charge in [0, 0.05) is 0 Å². The van der Waals surface area contributed by atoms with Crippen LogP contribution in [0.1, 0.15) is 5.56 Å². The summed E-state index contributed by atoms with van der Waals surface area (Å²) in [6.07, 6.45) is 1.90. The average Bonchev–Trinajstić information content (AvgIpc) is 2.70. The van der Waals surface area contributed by atoms with Crippen LogP contribution in [0.2, 0.25) is 0 Å². The summed E-state index contributed by atoms with van der Waals surface area (Å²) in [4.78, 5) is 16.5. The van der Waals surface area contributed by atoms with E-state index in [-0.39, 0.29) is 12.3 Å². The fourth-order valence-corrected chi connectivity index (χ4v) is 2.56. The molecule has 0 aliphatic rings. The smallest absolute Gasteiger partial charge is 0.228 e. The lowest BCUT2D eigenvalue weighted by Gasteiger charge is -2.11. The van der Waals surface area contributed by atoms with E-state index in [9.17, 15) is 4.79 Å². The summed E-state index contributed by atoms with van der Waals surface area (Å²) < 4.78 is 10.4. The first kappa shape index (κ1) is 18.3. The molecule has 0 unspecified atom stereocenters. The molecule has 0 radical (unpaired) electrons. The number of rotatable bonds is 7. The zero-order chi connectivity index (χ0) is 19.1. The molecule has 0 saturated heterocycles. The second-order valence-electron chi connectivity index (χ2n) is 5.83. The van der Waals surface area contributed by atoms with Gasteiger partial charge in [0.15, 0.2) is 0 Å². The molecule has 0 bridgehead atoms. The number of benzene rings is 2. The van der Waals surface area contributed by atoms with Gasteiger partial charge in [0.05, 0.1) is 38.2 Å². The number of aromatic nitrogens is 1. The minimum absolute atomic E-state index is 0.104. The molecule has 27 heavy (non-hydrogen) atoms. The summed E-state index contributed by atoms with van der Waals surface area (Å²) in [5.74, 6) is 2.05. The van der Waals surface area contributed by atoms with Gasteiger partial charge in [-0.25, -0.2) is 4.98 Å². The standard InChI is InChI=1S/C21H21N3O3/c1-26-17-10-7-15(8-11-17)13-21(25)23-16-9-12-20(22-14-16)24-18-5-3-4-6-19(18)27-2/h3-12,14H,13H2,1-2H3,(H,22,24)(H,23,25). The Morgan fingerprint density at radius 2 is 1.74 bits per heavy atom. The molecule has 2 N–H and O–H groups in total. The molecule has 2 aromatic carbocycles. The first-order valence-corrected chi connectivity index (χ1v) is 8.47. The van der Waals surface area contributed by atoms with Crippen LogP contribution in [0.15, 0.2) is 66.9 Å². The number of anilines is 3. The Hall–Kier alpha value is -3.54. The highest BCUT2D eigenvalue weighted by Gasteiger charge is 2.06. The number of nitrogens with one attached hydrogen (secondary N) is 2. The molecule has 0 fully saturated rings. The lowest BCUT2D eigenvalue weighted by molar-refractivity contribution is -0.115. The number of carbonyl (C=O) groups excluding carboxylic acids is 1. The highest BCUT2D eigenvalue weighted by molar-refractivity contribution is 5.92. The zero-order valence-corrected chi connectivity index (χ0v) is 15.2.